The molecule has 0 saturated carbocycles. The second-order valence-electron chi connectivity index (χ2n) is 5.76. The lowest BCUT2D eigenvalue weighted by Crippen LogP contribution is -2.37. The second kappa shape index (κ2) is 8.73. The maximum atomic E-state index is 12.1. The van der Waals surface area contributed by atoms with Crippen LogP contribution in [0.4, 0.5) is 16.2 Å². The molecule has 0 bridgehead atoms. The molecule has 5 heteroatoms. The average molecular weight is 390 g/mol. The summed E-state index contributed by atoms with van der Waals surface area (Å²) in [6.45, 7) is 8.43. The summed E-state index contributed by atoms with van der Waals surface area (Å²) in [7, 11) is 0. The summed E-state index contributed by atoms with van der Waals surface area (Å²) in [5.41, 5.74) is 4.27. The van der Waals surface area contributed by atoms with Gasteiger partial charge >= 0.3 is 6.03 Å². The fraction of sp³-hybridized carbons (Fsp3) is 0.316. The molecule has 0 aliphatic rings. The van der Waals surface area contributed by atoms with Crippen LogP contribution in [0.1, 0.15) is 18.1 Å². The van der Waals surface area contributed by atoms with Gasteiger partial charge in [0, 0.05) is 35.5 Å². The van der Waals surface area contributed by atoms with Gasteiger partial charge in [-0.3, -0.25) is 0 Å². The molecule has 2 rings (SSSR count). The Balaban J connectivity index is 1.85. The number of nitrogens with one attached hydrogen (secondary N) is 2. The van der Waals surface area contributed by atoms with Gasteiger partial charge in [0.15, 0.2) is 0 Å². The van der Waals surface area contributed by atoms with Crippen molar-refractivity contribution in [3.8, 4) is 0 Å². The SMILES string of the molecule is CCN(CCNC(=O)Nc1ccc(Br)cc1C)c1cccc(C)c1. The fourth-order valence-electron chi connectivity index (χ4n) is 2.53. The van der Waals surface area contributed by atoms with Crippen LogP contribution >= 0.6 is 15.9 Å². The van der Waals surface area contributed by atoms with E-state index < -0.39 is 0 Å². The molecule has 0 saturated heterocycles. The highest BCUT2D eigenvalue weighted by atomic mass is 79.9. The van der Waals surface area contributed by atoms with Crippen molar-refractivity contribution in [3.05, 3.63) is 58.1 Å². The highest BCUT2D eigenvalue weighted by Crippen LogP contribution is 2.20. The normalized spacial score (nSPS) is 10.3. The van der Waals surface area contributed by atoms with Crippen molar-refractivity contribution in [1.29, 1.82) is 0 Å². The number of hydrogen-bond acceptors (Lipinski definition) is 2. The molecule has 24 heavy (non-hydrogen) atoms. The first-order valence-electron chi connectivity index (χ1n) is 8.12. The van der Waals surface area contributed by atoms with Gasteiger partial charge in [-0.15, -0.1) is 0 Å². The Bertz CT molecular complexity index is 703. The first-order valence-corrected chi connectivity index (χ1v) is 8.91. The second-order valence-corrected chi connectivity index (χ2v) is 6.67. The van der Waals surface area contributed by atoms with E-state index in [2.05, 4.69) is 69.6 Å². The van der Waals surface area contributed by atoms with Crippen molar-refractivity contribution in [2.75, 3.05) is 29.9 Å². The number of urea groups is 1. The minimum Gasteiger partial charge on any atom is -0.370 e. The molecule has 128 valence electrons. The van der Waals surface area contributed by atoms with Gasteiger partial charge in [0.25, 0.3) is 0 Å². The molecule has 4 nitrogen and oxygen atoms in total. The molecule has 0 spiro atoms. The van der Waals surface area contributed by atoms with E-state index in [9.17, 15) is 4.79 Å². The van der Waals surface area contributed by atoms with E-state index in [1.165, 1.54) is 11.3 Å². The number of halogens is 1. The molecule has 2 amide bonds. The van der Waals surface area contributed by atoms with Crippen LogP contribution < -0.4 is 15.5 Å². The van der Waals surface area contributed by atoms with Crippen molar-refractivity contribution >= 4 is 33.3 Å². The Morgan fingerprint density at radius 1 is 1.17 bits per heavy atom. The minimum absolute atomic E-state index is 0.180. The van der Waals surface area contributed by atoms with E-state index in [0.29, 0.717) is 6.54 Å². The third-order valence-corrected chi connectivity index (χ3v) is 4.35. The molecule has 2 aromatic carbocycles. The molecule has 0 aliphatic carbocycles. The lowest BCUT2D eigenvalue weighted by Gasteiger charge is -2.23. The topological polar surface area (TPSA) is 44.4 Å². The number of carbonyl (C=O) groups is 1. The highest BCUT2D eigenvalue weighted by Gasteiger charge is 2.07. The largest absolute Gasteiger partial charge is 0.370 e. The van der Waals surface area contributed by atoms with Gasteiger partial charge in [-0.1, -0.05) is 28.1 Å². The zero-order valence-corrected chi connectivity index (χ0v) is 16.0. The average Bonchev–Trinajstić information content (AvgIpc) is 2.54. The van der Waals surface area contributed by atoms with Crippen LogP contribution in [0.2, 0.25) is 0 Å². The summed E-state index contributed by atoms with van der Waals surface area (Å²) in [6, 6.07) is 14.0. The summed E-state index contributed by atoms with van der Waals surface area (Å²) >= 11 is 3.42. The van der Waals surface area contributed by atoms with Crippen LogP contribution in [0.15, 0.2) is 46.9 Å². The van der Waals surface area contributed by atoms with E-state index in [-0.39, 0.29) is 6.03 Å². The van der Waals surface area contributed by atoms with Crippen LogP contribution in [0.5, 0.6) is 0 Å². The molecular weight excluding hydrogens is 366 g/mol. The van der Waals surface area contributed by atoms with E-state index in [1.54, 1.807) is 0 Å². The minimum atomic E-state index is -0.180. The highest BCUT2D eigenvalue weighted by molar-refractivity contribution is 9.10. The van der Waals surface area contributed by atoms with Crippen molar-refractivity contribution in [1.82, 2.24) is 5.32 Å². The zero-order chi connectivity index (χ0) is 17.5. The Kier molecular flexibility index (Phi) is 6.67. The maximum absolute atomic E-state index is 12.1. The smallest absolute Gasteiger partial charge is 0.319 e. The Morgan fingerprint density at radius 2 is 1.96 bits per heavy atom. The van der Waals surface area contributed by atoms with Crippen molar-refractivity contribution < 1.29 is 4.79 Å². The number of benzene rings is 2. The van der Waals surface area contributed by atoms with Crippen LogP contribution in [0.3, 0.4) is 0 Å². The van der Waals surface area contributed by atoms with Crippen LogP contribution in [0, 0.1) is 13.8 Å². The quantitative estimate of drug-likeness (QED) is 0.750. The van der Waals surface area contributed by atoms with Gasteiger partial charge in [-0.05, 0) is 62.2 Å². The molecule has 0 aromatic heterocycles. The molecule has 0 atom stereocenters. The van der Waals surface area contributed by atoms with Gasteiger partial charge < -0.3 is 15.5 Å². The van der Waals surface area contributed by atoms with E-state index in [4.69, 9.17) is 0 Å². The van der Waals surface area contributed by atoms with Gasteiger partial charge in [0.05, 0.1) is 0 Å². The molecular formula is C19H24BrN3O. The molecule has 0 radical (unpaired) electrons. The third kappa shape index (κ3) is 5.27. The first kappa shape index (κ1) is 18.3. The summed E-state index contributed by atoms with van der Waals surface area (Å²) in [6.07, 6.45) is 0. The molecule has 0 heterocycles. The summed E-state index contributed by atoms with van der Waals surface area (Å²) in [4.78, 5) is 14.3. The van der Waals surface area contributed by atoms with E-state index in [0.717, 1.165) is 28.8 Å². The summed E-state index contributed by atoms with van der Waals surface area (Å²) in [5, 5.41) is 5.81. The first-order chi connectivity index (χ1) is 11.5. The van der Waals surface area contributed by atoms with Gasteiger partial charge in [-0.2, -0.15) is 0 Å². The molecule has 0 unspecified atom stereocenters. The number of hydrogen-bond donors (Lipinski definition) is 2. The number of nitrogens with zero attached hydrogens (tertiary/aromatic N) is 1. The van der Waals surface area contributed by atoms with Crippen LogP contribution in [0.25, 0.3) is 0 Å². The van der Waals surface area contributed by atoms with Crippen molar-refractivity contribution in [2.24, 2.45) is 0 Å². The molecule has 2 N–H and O–H groups in total. The fourth-order valence-corrected chi connectivity index (χ4v) is 3.01. The van der Waals surface area contributed by atoms with Crippen LogP contribution in [-0.4, -0.2) is 25.7 Å². The van der Waals surface area contributed by atoms with Gasteiger partial charge in [-0.25, -0.2) is 4.79 Å². The molecule has 0 fully saturated rings. The Hall–Kier alpha value is -2.01. The number of rotatable bonds is 6. The lowest BCUT2D eigenvalue weighted by atomic mass is 10.2. The molecule has 2 aromatic rings. The predicted octanol–water partition coefficient (Wildman–Crippen LogP) is 4.71. The zero-order valence-electron chi connectivity index (χ0n) is 14.4. The van der Waals surface area contributed by atoms with Gasteiger partial charge in [0.1, 0.15) is 0 Å². The summed E-state index contributed by atoms with van der Waals surface area (Å²) in [5.74, 6) is 0. The maximum Gasteiger partial charge on any atom is 0.319 e. The van der Waals surface area contributed by atoms with Crippen LogP contribution in [-0.2, 0) is 0 Å². The number of amides is 2. The number of aryl methyl sites for hydroxylation is 2. The number of likely N-dealkylation sites (N-methyl/N-ethyl adjacent to an activating group) is 1. The standard InChI is InChI=1S/C19H24BrN3O/c1-4-23(17-7-5-6-14(2)12-17)11-10-21-19(24)22-18-9-8-16(20)13-15(18)3/h5-9,12-13H,4,10-11H2,1-3H3,(H2,21,22,24). The lowest BCUT2D eigenvalue weighted by molar-refractivity contribution is 0.252. The summed E-state index contributed by atoms with van der Waals surface area (Å²) < 4.78 is 1.00. The Labute approximate surface area is 152 Å². The van der Waals surface area contributed by atoms with Gasteiger partial charge in [0.2, 0.25) is 0 Å². The van der Waals surface area contributed by atoms with E-state index in [1.807, 2.05) is 25.1 Å². The predicted molar refractivity (Wildman–Crippen MR) is 105 cm³/mol. The monoisotopic (exact) mass is 389 g/mol. The van der Waals surface area contributed by atoms with Crippen molar-refractivity contribution in [3.63, 3.8) is 0 Å². The van der Waals surface area contributed by atoms with E-state index >= 15 is 0 Å². The number of carbonyl (C=O) groups excluding carboxylic acids is 1. The Morgan fingerprint density at radius 3 is 2.62 bits per heavy atom. The molecule has 0 aliphatic heterocycles. The number of anilines is 2. The van der Waals surface area contributed by atoms with Crippen molar-refractivity contribution in [2.45, 2.75) is 20.8 Å². The third-order valence-electron chi connectivity index (χ3n) is 3.85.